The van der Waals surface area contributed by atoms with Gasteiger partial charge in [0.25, 0.3) is 5.91 Å². The Balaban J connectivity index is 2.21. The van der Waals surface area contributed by atoms with E-state index in [1.807, 2.05) is 54.6 Å². The molecule has 112 valence electrons. The average molecular weight is 406 g/mol. The van der Waals surface area contributed by atoms with Gasteiger partial charge in [-0.05, 0) is 58.5 Å². The standard InChI is InChI=1S/C17H15IN2O2/c1-12(21)19-16(11-13-5-3-2-4-6-13)17(22)20-15-9-7-14(18)8-10-15/h2-11H,1H3,(H,19,21)(H,20,22)/b16-11+. The quantitative estimate of drug-likeness (QED) is 0.604. The molecule has 0 heterocycles. The molecule has 0 aromatic heterocycles. The summed E-state index contributed by atoms with van der Waals surface area (Å²) in [6.45, 7) is 1.37. The van der Waals surface area contributed by atoms with Gasteiger partial charge in [0.1, 0.15) is 5.70 Å². The van der Waals surface area contributed by atoms with Crippen molar-refractivity contribution in [2.75, 3.05) is 5.32 Å². The summed E-state index contributed by atoms with van der Waals surface area (Å²) in [6, 6.07) is 16.8. The van der Waals surface area contributed by atoms with Crippen LogP contribution in [-0.2, 0) is 9.59 Å². The lowest BCUT2D eigenvalue weighted by molar-refractivity contribution is -0.120. The molecule has 0 radical (unpaired) electrons. The predicted octanol–water partition coefficient (Wildman–Crippen LogP) is 3.41. The summed E-state index contributed by atoms with van der Waals surface area (Å²) in [6.07, 6.45) is 1.64. The van der Waals surface area contributed by atoms with Crippen LogP contribution in [0.1, 0.15) is 12.5 Å². The van der Waals surface area contributed by atoms with Gasteiger partial charge in [0.15, 0.2) is 0 Å². The Hall–Kier alpha value is -2.15. The molecule has 2 aromatic rings. The Bertz CT molecular complexity index is 694. The molecule has 0 bridgehead atoms. The minimum absolute atomic E-state index is 0.206. The van der Waals surface area contributed by atoms with Crippen LogP contribution in [0.15, 0.2) is 60.3 Å². The van der Waals surface area contributed by atoms with Gasteiger partial charge in [0.2, 0.25) is 5.91 Å². The molecule has 2 amide bonds. The third-order valence-electron chi connectivity index (χ3n) is 2.77. The van der Waals surface area contributed by atoms with Crippen molar-refractivity contribution >= 4 is 46.2 Å². The third kappa shape index (κ3) is 5.00. The highest BCUT2D eigenvalue weighted by atomic mass is 127. The Kier molecular flexibility index (Phi) is 5.71. The van der Waals surface area contributed by atoms with Crippen LogP contribution in [0.3, 0.4) is 0 Å². The molecule has 0 aliphatic carbocycles. The Morgan fingerprint density at radius 3 is 2.23 bits per heavy atom. The lowest BCUT2D eigenvalue weighted by Crippen LogP contribution is -2.28. The molecular weight excluding hydrogens is 391 g/mol. The lowest BCUT2D eigenvalue weighted by Gasteiger charge is -2.10. The molecule has 22 heavy (non-hydrogen) atoms. The predicted molar refractivity (Wildman–Crippen MR) is 96.0 cm³/mol. The number of amides is 2. The summed E-state index contributed by atoms with van der Waals surface area (Å²) < 4.78 is 1.08. The molecule has 0 saturated heterocycles. The molecule has 5 heteroatoms. The fraction of sp³-hybridized carbons (Fsp3) is 0.0588. The smallest absolute Gasteiger partial charge is 0.272 e. The largest absolute Gasteiger partial charge is 0.322 e. The van der Waals surface area contributed by atoms with E-state index in [0.717, 1.165) is 9.13 Å². The van der Waals surface area contributed by atoms with Crippen molar-refractivity contribution < 1.29 is 9.59 Å². The third-order valence-corrected chi connectivity index (χ3v) is 3.49. The van der Waals surface area contributed by atoms with Crippen LogP contribution in [-0.4, -0.2) is 11.8 Å². The molecule has 0 atom stereocenters. The fourth-order valence-corrected chi connectivity index (χ4v) is 2.16. The van der Waals surface area contributed by atoms with E-state index in [1.54, 1.807) is 6.08 Å². The SMILES string of the molecule is CC(=O)N/C(=C/c1ccccc1)C(=O)Nc1ccc(I)cc1. The van der Waals surface area contributed by atoms with Crippen LogP contribution in [0, 0.1) is 3.57 Å². The molecule has 0 spiro atoms. The highest BCUT2D eigenvalue weighted by molar-refractivity contribution is 14.1. The van der Waals surface area contributed by atoms with Gasteiger partial charge in [0, 0.05) is 16.2 Å². The highest BCUT2D eigenvalue weighted by Crippen LogP contribution is 2.13. The molecule has 0 unspecified atom stereocenters. The highest BCUT2D eigenvalue weighted by Gasteiger charge is 2.11. The van der Waals surface area contributed by atoms with Crippen LogP contribution in [0.5, 0.6) is 0 Å². The molecule has 0 aliphatic heterocycles. The van der Waals surface area contributed by atoms with Gasteiger partial charge in [-0.1, -0.05) is 30.3 Å². The molecule has 0 saturated carbocycles. The van der Waals surface area contributed by atoms with Gasteiger partial charge < -0.3 is 10.6 Å². The first-order valence-corrected chi connectivity index (χ1v) is 7.74. The number of anilines is 1. The van der Waals surface area contributed by atoms with Crippen LogP contribution < -0.4 is 10.6 Å². The summed E-state index contributed by atoms with van der Waals surface area (Å²) in [5.74, 6) is -0.653. The number of rotatable bonds is 4. The molecule has 0 aliphatic rings. The molecule has 2 rings (SSSR count). The first-order chi connectivity index (χ1) is 10.5. The minimum Gasteiger partial charge on any atom is -0.322 e. The summed E-state index contributed by atoms with van der Waals surface area (Å²) in [5, 5.41) is 5.34. The summed E-state index contributed by atoms with van der Waals surface area (Å²) >= 11 is 2.19. The first kappa shape index (κ1) is 16.2. The zero-order valence-corrected chi connectivity index (χ0v) is 14.1. The van der Waals surface area contributed by atoms with E-state index in [9.17, 15) is 9.59 Å². The molecule has 0 fully saturated rings. The van der Waals surface area contributed by atoms with E-state index < -0.39 is 0 Å². The van der Waals surface area contributed by atoms with Crippen molar-refractivity contribution in [3.63, 3.8) is 0 Å². The minimum atomic E-state index is -0.361. The van der Waals surface area contributed by atoms with Crippen molar-refractivity contribution in [1.82, 2.24) is 5.32 Å². The number of carbonyl (C=O) groups excluding carboxylic acids is 2. The Morgan fingerprint density at radius 1 is 1.00 bits per heavy atom. The lowest BCUT2D eigenvalue weighted by atomic mass is 10.2. The van der Waals surface area contributed by atoms with E-state index in [0.29, 0.717) is 5.69 Å². The maximum atomic E-state index is 12.3. The zero-order valence-electron chi connectivity index (χ0n) is 12.0. The van der Waals surface area contributed by atoms with Crippen molar-refractivity contribution in [1.29, 1.82) is 0 Å². The topological polar surface area (TPSA) is 58.2 Å². The van der Waals surface area contributed by atoms with E-state index in [2.05, 4.69) is 33.2 Å². The second-order valence-electron chi connectivity index (χ2n) is 4.61. The van der Waals surface area contributed by atoms with Crippen LogP contribution in [0.25, 0.3) is 6.08 Å². The van der Waals surface area contributed by atoms with Crippen molar-refractivity contribution in [3.05, 3.63) is 69.4 Å². The van der Waals surface area contributed by atoms with Gasteiger partial charge >= 0.3 is 0 Å². The van der Waals surface area contributed by atoms with Crippen LogP contribution in [0.4, 0.5) is 5.69 Å². The molecule has 4 nitrogen and oxygen atoms in total. The van der Waals surface area contributed by atoms with E-state index >= 15 is 0 Å². The molecule has 2 N–H and O–H groups in total. The normalized spacial score (nSPS) is 10.9. The van der Waals surface area contributed by atoms with E-state index in [1.165, 1.54) is 6.92 Å². The van der Waals surface area contributed by atoms with Crippen LogP contribution >= 0.6 is 22.6 Å². The number of carbonyl (C=O) groups is 2. The Morgan fingerprint density at radius 2 is 1.64 bits per heavy atom. The van der Waals surface area contributed by atoms with E-state index in [4.69, 9.17) is 0 Å². The first-order valence-electron chi connectivity index (χ1n) is 6.66. The van der Waals surface area contributed by atoms with E-state index in [-0.39, 0.29) is 17.5 Å². The van der Waals surface area contributed by atoms with Crippen molar-refractivity contribution in [2.24, 2.45) is 0 Å². The summed E-state index contributed by atoms with van der Waals surface area (Å²) in [7, 11) is 0. The molecule has 2 aromatic carbocycles. The maximum absolute atomic E-state index is 12.3. The van der Waals surface area contributed by atoms with Crippen molar-refractivity contribution in [3.8, 4) is 0 Å². The number of halogens is 1. The summed E-state index contributed by atoms with van der Waals surface area (Å²) in [5.41, 5.74) is 1.72. The van der Waals surface area contributed by atoms with Gasteiger partial charge in [-0.15, -0.1) is 0 Å². The second-order valence-corrected chi connectivity index (χ2v) is 5.86. The number of nitrogens with one attached hydrogen (secondary N) is 2. The fourth-order valence-electron chi connectivity index (χ4n) is 1.80. The molecular formula is C17H15IN2O2. The number of hydrogen-bond donors (Lipinski definition) is 2. The van der Waals surface area contributed by atoms with Gasteiger partial charge in [-0.2, -0.15) is 0 Å². The van der Waals surface area contributed by atoms with Crippen LogP contribution in [0.2, 0.25) is 0 Å². The van der Waals surface area contributed by atoms with Gasteiger partial charge in [-0.25, -0.2) is 0 Å². The monoisotopic (exact) mass is 406 g/mol. The number of hydrogen-bond acceptors (Lipinski definition) is 2. The average Bonchev–Trinajstić information content (AvgIpc) is 2.49. The summed E-state index contributed by atoms with van der Waals surface area (Å²) in [4.78, 5) is 23.7. The zero-order chi connectivity index (χ0) is 15.9. The second kappa shape index (κ2) is 7.74. The maximum Gasteiger partial charge on any atom is 0.272 e. The van der Waals surface area contributed by atoms with Crippen molar-refractivity contribution in [2.45, 2.75) is 6.92 Å². The van der Waals surface area contributed by atoms with Gasteiger partial charge in [-0.3, -0.25) is 9.59 Å². The number of benzene rings is 2. The van der Waals surface area contributed by atoms with Gasteiger partial charge in [0.05, 0.1) is 0 Å². The Labute approximate surface area is 142 Å².